The molecule has 118 valence electrons. The minimum atomic E-state index is -0.708. The van der Waals surface area contributed by atoms with E-state index >= 15 is 0 Å². The van der Waals surface area contributed by atoms with Gasteiger partial charge in [-0.15, -0.1) is 0 Å². The third kappa shape index (κ3) is 2.37. The van der Waals surface area contributed by atoms with Crippen molar-refractivity contribution in [3.8, 4) is 0 Å². The molecular weight excluding hydrogens is 288 g/mol. The Balaban J connectivity index is 1.51. The maximum atomic E-state index is 12.6. The van der Waals surface area contributed by atoms with Gasteiger partial charge in [0.1, 0.15) is 6.10 Å². The summed E-state index contributed by atoms with van der Waals surface area (Å²) in [7, 11) is 0. The quantitative estimate of drug-likeness (QED) is 0.826. The van der Waals surface area contributed by atoms with Gasteiger partial charge in [-0.1, -0.05) is 37.3 Å². The highest BCUT2D eigenvalue weighted by Crippen LogP contribution is 2.36. The van der Waals surface area contributed by atoms with Crippen molar-refractivity contribution in [1.29, 1.82) is 0 Å². The van der Waals surface area contributed by atoms with Crippen LogP contribution in [0.5, 0.6) is 0 Å². The van der Waals surface area contributed by atoms with E-state index in [1.54, 1.807) is 0 Å². The second-order valence-electron chi connectivity index (χ2n) is 5.61. The van der Waals surface area contributed by atoms with E-state index in [4.69, 9.17) is 23.7 Å². The summed E-state index contributed by atoms with van der Waals surface area (Å²) >= 11 is 0. The monoisotopic (exact) mass is 306 g/mol. The van der Waals surface area contributed by atoms with Crippen molar-refractivity contribution < 1.29 is 28.5 Å². The van der Waals surface area contributed by atoms with E-state index in [1.807, 2.05) is 37.3 Å². The van der Waals surface area contributed by atoms with Crippen LogP contribution in [0.15, 0.2) is 30.3 Å². The van der Waals surface area contributed by atoms with E-state index in [9.17, 15) is 4.79 Å². The summed E-state index contributed by atoms with van der Waals surface area (Å²) < 4.78 is 28.5. The lowest BCUT2D eigenvalue weighted by Crippen LogP contribution is -2.58. The van der Waals surface area contributed by atoms with Gasteiger partial charge in [0, 0.05) is 5.56 Å². The smallest absolute Gasteiger partial charge is 0.198 e. The maximum absolute atomic E-state index is 12.6. The van der Waals surface area contributed by atoms with Crippen LogP contribution in [0.3, 0.4) is 0 Å². The number of carbonyl (C=O) groups is 1. The summed E-state index contributed by atoms with van der Waals surface area (Å²) in [6.45, 7) is 2.23. The molecule has 22 heavy (non-hydrogen) atoms. The average molecular weight is 306 g/mol. The molecule has 0 bridgehead atoms. The Labute approximate surface area is 128 Å². The molecule has 6 heteroatoms. The largest absolute Gasteiger partial charge is 0.346 e. The molecule has 0 N–H and O–H groups in total. The molecule has 0 aromatic heterocycles. The third-order valence-electron chi connectivity index (χ3n) is 4.13. The molecule has 3 heterocycles. The first-order valence-corrected chi connectivity index (χ1v) is 7.58. The number of carbonyl (C=O) groups excluding carboxylic acids is 1. The van der Waals surface area contributed by atoms with E-state index in [0.29, 0.717) is 13.0 Å². The van der Waals surface area contributed by atoms with Gasteiger partial charge in [-0.2, -0.15) is 0 Å². The molecule has 3 aliphatic heterocycles. The number of ketones is 1. The number of Topliss-reactive ketones (excluding diaryl/α,β-unsaturated/α-hetero) is 1. The lowest BCUT2D eigenvalue weighted by Gasteiger charge is -2.41. The first kappa shape index (κ1) is 14.3. The van der Waals surface area contributed by atoms with Crippen molar-refractivity contribution in [1.82, 2.24) is 0 Å². The molecular formula is C16H18O6. The van der Waals surface area contributed by atoms with Gasteiger partial charge in [-0.25, -0.2) is 0 Å². The van der Waals surface area contributed by atoms with Crippen LogP contribution >= 0.6 is 0 Å². The van der Waals surface area contributed by atoms with E-state index in [0.717, 1.165) is 5.56 Å². The van der Waals surface area contributed by atoms with Crippen LogP contribution in [0.2, 0.25) is 0 Å². The number of benzene rings is 1. The summed E-state index contributed by atoms with van der Waals surface area (Å²) in [5.41, 5.74) is 0.880. The SMILES string of the molecule is CCC1O[C@H]2O[C@@H]3COC(c4ccccc4)O[C@H]3C(=O)[C@H]2O1. The highest BCUT2D eigenvalue weighted by Gasteiger charge is 2.54. The van der Waals surface area contributed by atoms with Crippen LogP contribution in [-0.2, 0) is 28.5 Å². The summed E-state index contributed by atoms with van der Waals surface area (Å²) in [6, 6.07) is 9.55. The summed E-state index contributed by atoms with van der Waals surface area (Å²) in [5.74, 6) is -0.124. The highest BCUT2D eigenvalue weighted by atomic mass is 16.8. The first-order chi connectivity index (χ1) is 10.8. The third-order valence-corrected chi connectivity index (χ3v) is 4.13. The van der Waals surface area contributed by atoms with Gasteiger partial charge >= 0.3 is 0 Å². The molecule has 0 radical (unpaired) electrons. The molecule has 0 aliphatic carbocycles. The second-order valence-corrected chi connectivity index (χ2v) is 5.61. The second kappa shape index (κ2) is 5.72. The molecule has 0 spiro atoms. The fourth-order valence-electron chi connectivity index (χ4n) is 2.99. The Kier molecular flexibility index (Phi) is 3.71. The van der Waals surface area contributed by atoms with Crippen LogP contribution in [0.1, 0.15) is 25.2 Å². The van der Waals surface area contributed by atoms with Gasteiger partial charge in [0.2, 0.25) is 0 Å². The van der Waals surface area contributed by atoms with Crippen LogP contribution in [-0.4, -0.2) is 43.3 Å². The van der Waals surface area contributed by atoms with Gasteiger partial charge in [0.15, 0.2) is 36.9 Å². The topological polar surface area (TPSA) is 63.2 Å². The molecule has 1 aromatic carbocycles. The standard InChI is InChI=1S/C16H18O6/c1-2-11-20-14-12(17)13-10(19-16(14)21-11)8-18-15(22-13)9-6-4-3-5-7-9/h3-7,10-11,13-16H,2,8H2,1H3/t10-,11?,13-,14-,15?,16-/m1/s1. The van der Waals surface area contributed by atoms with Crippen LogP contribution in [0, 0.1) is 0 Å². The van der Waals surface area contributed by atoms with E-state index in [1.165, 1.54) is 0 Å². The predicted octanol–water partition coefficient (Wildman–Crippen LogP) is 1.55. The molecule has 6 atom stereocenters. The van der Waals surface area contributed by atoms with Crippen LogP contribution < -0.4 is 0 Å². The Morgan fingerprint density at radius 1 is 1.05 bits per heavy atom. The van der Waals surface area contributed by atoms with Crippen LogP contribution in [0.25, 0.3) is 0 Å². The normalized spacial score (nSPS) is 41.0. The van der Waals surface area contributed by atoms with Crippen molar-refractivity contribution in [2.75, 3.05) is 6.61 Å². The van der Waals surface area contributed by atoms with Crippen molar-refractivity contribution in [2.24, 2.45) is 0 Å². The number of hydrogen-bond donors (Lipinski definition) is 0. The molecule has 0 saturated carbocycles. The zero-order valence-corrected chi connectivity index (χ0v) is 12.2. The van der Waals surface area contributed by atoms with Gasteiger partial charge in [0.05, 0.1) is 6.61 Å². The fourth-order valence-corrected chi connectivity index (χ4v) is 2.99. The van der Waals surface area contributed by atoms with Crippen molar-refractivity contribution in [2.45, 2.75) is 50.5 Å². The number of rotatable bonds is 2. The van der Waals surface area contributed by atoms with Gasteiger partial charge in [-0.05, 0) is 6.42 Å². The Morgan fingerprint density at radius 2 is 1.86 bits per heavy atom. The van der Waals surface area contributed by atoms with Crippen LogP contribution in [0.4, 0.5) is 0 Å². The molecule has 4 rings (SSSR count). The summed E-state index contributed by atoms with van der Waals surface area (Å²) in [4.78, 5) is 12.6. The van der Waals surface area contributed by atoms with E-state index in [2.05, 4.69) is 0 Å². The molecule has 0 amide bonds. The molecule has 3 saturated heterocycles. The van der Waals surface area contributed by atoms with Crippen molar-refractivity contribution in [3.05, 3.63) is 35.9 Å². The van der Waals surface area contributed by atoms with Crippen molar-refractivity contribution >= 4 is 5.78 Å². The average Bonchev–Trinajstić information content (AvgIpc) is 2.99. The fraction of sp³-hybridized carbons (Fsp3) is 0.562. The molecule has 2 unspecified atom stereocenters. The van der Waals surface area contributed by atoms with Gasteiger partial charge < -0.3 is 23.7 Å². The van der Waals surface area contributed by atoms with Crippen molar-refractivity contribution in [3.63, 3.8) is 0 Å². The maximum Gasteiger partial charge on any atom is 0.198 e. The molecule has 3 aliphatic rings. The van der Waals surface area contributed by atoms with E-state index < -0.39 is 37.2 Å². The number of hydrogen-bond acceptors (Lipinski definition) is 6. The lowest BCUT2D eigenvalue weighted by atomic mass is 10.00. The molecule has 3 fully saturated rings. The number of ether oxygens (including phenoxy) is 5. The summed E-state index contributed by atoms with van der Waals surface area (Å²) in [6.07, 6.45) is -2.78. The van der Waals surface area contributed by atoms with E-state index in [-0.39, 0.29) is 5.78 Å². The first-order valence-electron chi connectivity index (χ1n) is 7.58. The molecule has 6 nitrogen and oxygen atoms in total. The minimum Gasteiger partial charge on any atom is -0.346 e. The molecule has 1 aromatic rings. The Morgan fingerprint density at radius 3 is 2.64 bits per heavy atom. The highest BCUT2D eigenvalue weighted by molar-refractivity contribution is 5.89. The summed E-state index contributed by atoms with van der Waals surface area (Å²) in [5, 5.41) is 0. The Bertz CT molecular complexity index is 547. The lowest BCUT2D eigenvalue weighted by molar-refractivity contribution is -0.299. The Hall–Kier alpha value is -1.31. The van der Waals surface area contributed by atoms with Gasteiger partial charge in [-0.3, -0.25) is 4.79 Å². The predicted molar refractivity (Wildman–Crippen MR) is 73.7 cm³/mol. The van der Waals surface area contributed by atoms with Gasteiger partial charge in [0.25, 0.3) is 0 Å². The zero-order chi connectivity index (χ0) is 15.1. The minimum absolute atomic E-state index is 0.124. The zero-order valence-electron chi connectivity index (χ0n) is 12.2. The number of fused-ring (bicyclic) bond motifs is 2.